The smallest absolute Gasteiger partial charge is 0.191 e. The number of aryl methyl sites for hydroxylation is 2. The molecule has 0 bridgehead atoms. The quantitative estimate of drug-likeness (QED) is 0.645. The van der Waals surface area contributed by atoms with Gasteiger partial charge < -0.3 is 10.6 Å². The molecule has 6 heteroatoms. The van der Waals surface area contributed by atoms with Gasteiger partial charge in [0.1, 0.15) is 5.82 Å². The van der Waals surface area contributed by atoms with Crippen LogP contribution in [0.3, 0.4) is 0 Å². The van der Waals surface area contributed by atoms with Crippen LogP contribution in [0, 0.1) is 19.7 Å². The molecule has 2 aromatic rings. The number of halogens is 1. The minimum Gasteiger partial charge on any atom is -0.356 e. The van der Waals surface area contributed by atoms with E-state index in [-0.39, 0.29) is 11.2 Å². The van der Waals surface area contributed by atoms with Gasteiger partial charge in [0.15, 0.2) is 5.96 Å². The van der Waals surface area contributed by atoms with Crippen molar-refractivity contribution in [2.45, 2.75) is 38.6 Å². The number of aliphatic imine (C=N–C) groups is 1. The monoisotopic (exact) mass is 346 g/mol. The van der Waals surface area contributed by atoms with Crippen LogP contribution >= 0.6 is 11.3 Å². The first kappa shape index (κ1) is 16.9. The van der Waals surface area contributed by atoms with Crippen molar-refractivity contribution in [1.29, 1.82) is 0 Å². The van der Waals surface area contributed by atoms with Crippen LogP contribution in [0.4, 0.5) is 4.39 Å². The van der Waals surface area contributed by atoms with Gasteiger partial charge in [-0.3, -0.25) is 4.99 Å². The Morgan fingerprint density at radius 3 is 2.71 bits per heavy atom. The first-order valence-electron chi connectivity index (χ1n) is 8.16. The summed E-state index contributed by atoms with van der Waals surface area (Å²) < 4.78 is 13.5. The molecule has 128 valence electrons. The number of aromatic nitrogens is 1. The van der Waals surface area contributed by atoms with Crippen molar-refractivity contribution in [3.05, 3.63) is 51.2 Å². The van der Waals surface area contributed by atoms with Crippen LogP contribution < -0.4 is 10.6 Å². The van der Waals surface area contributed by atoms with Gasteiger partial charge in [0.25, 0.3) is 0 Å². The summed E-state index contributed by atoms with van der Waals surface area (Å²) in [5, 5.41) is 7.80. The molecule has 1 fully saturated rings. The topological polar surface area (TPSA) is 49.3 Å². The van der Waals surface area contributed by atoms with Crippen LogP contribution in [-0.4, -0.2) is 24.5 Å². The van der Waals surface area contributed by atoms with Gasteiger partial charge in [-0.05, 0) is 44.4 Å². The van der Waals surface area contributed by atoms with Crippen molar-refractivity contribution < 1.29 is 4.39 Å². The largest absolute Gasteiger partial charge is 0.356 e. The van der Waals surface area contributed by atoms with Gasteiger partial charge in [0.2, 0.25) is 0 Å². The molecule has 0 radical (unpaired) electrons. The third-order valence-corrected chi connectivity index (χ3v) is 5.60. The summed E-state index contributed by atoms with van der Waals surface area (Å²) in [6, 6.07) is 6.94. The molecular formula is C18H23FN4S. The Bertz CT molecular complexity index is 749. The molecule has 0 unspecified atom stereocenters. The van der Waals surface area contributed by atoms with E-state index in [1.165, 1.54) is 10.9 Å². The standard InChI is InChI=1S/C18H23FN4S/c1-12-16(24-13(2)23-12)10-21-17(20-3)22-11-18(7-8-18)14-5-4-6-15(19)9-14/h4-6,9H,7-8,10-11H2,1-3H3,(H2,20,21,22). The van der Waals surface area contributed by atoms with Crippen molar-refractivity contribution in [3.63, 3.8) is 0 Å². The number of benzene rings is 1. The van der Waals surface area contributed by atoms with Gasteiger partial charge in [0.05, 0.1) is 17.2 Å². The summed E-state index contributed by atoms with van der Waals surface area (Å²) in [6.07, 6.45) is 2.15. The normalized spacial score (nSPS) is 16.1. The van der Waals surface area contributed by atoms with Gasteiger partial charge in [0, 0.05) is 23.9 Å². The zero-order chi connectivity index (χ0) is 17.2. The molecule has 1 aromatic carbocycles. The number of rotatable bonds is 5. The predicted octanol–water partition coefficient (Wildman–Crippen LogP) is 3.30. The van der Waals surface area contributed by atoms with Gasteiger partial charge in [-0.2, -0.15) is 0 Å². The van der Waals surface area contributed by atoms with E-state index in [1.54, 1.807) is 30.5 Å². The molecular weight excluding hydrogens is 323 g/mol. The lowest BCUT2D eigenvalue weighted by atomic mass is 9.96. The van der Waals surface area contributed by atoms with E-state index < -0.39 is 0 Å². The molecule has 3 rings (SSSR count). The van der Waals surface area contributed by atoms with Crippen molar-refractivity contribution in [2.75, 3.05) is 13.6 Å². The molecule has 1 aliphatic rings. The molecule has 1 heterocycles. The molecule has 24 heavy (non-hydrogen) atoms. The lowest BCUT2D eigenvalue weighted by Crippen LogP contribution is -2.40. The Morgan fingerprint density at radius 1 is 1.33 bits per heavy atom. The Labute approximate surface area is 146 Å². The summed E-state index contributed by atoms with van der Waals surface area (Å²) in [7, 11) is 1.77. The van der Waals surface area contributed by atoms with Crippen molar-refractivity contribution in [1.82, 2.24) is 15.6 Å². The van der Waals surface area contributed by atoms with E-state index in [1.807, 2.05) is 19.9 Å². The minimum atomic E-state index is -0.169. The van der Waals surface area contributed by atoms with Gasteiger partial charge >= 0.3 is 0 Å². The lowest BCUT2D eigenvalue weighted by Gasteiger charge is -2.19. The molecule has 0 spiro atoms. The fraction of sp³-hybridized carbons (Fsp3) is 0.444. The highest BCUT2D eigenvalue weighted by molar-refractivity contribution is 7.11. The van der Waals surface area contributed by atoms with E-state index >= 15 is 0 Å². The van der Waals surface area contributed by atoms with Gasteiger partial charge in [-0.1, -0.05) is 12.1 Å². The number of nitrogens with zero attached hydrogens (tertiary/aromatic N) is 2. The summed E-state index contributed by atoms with van der Waals surface area (Å²) in [5.41, 5.74) is 2.18. The summed E-state index contributed by atoms with van der Waals surface area (Å²) in [4.78, 5) is 9.95. The minimum absolute atomic E-state index is 0.0384. The molecule has 1 saturated carbocycles. The zero-order valence-corrected chi connectivity index (χ0v) is 15.1. The molecule has 1 aromatic heterocycles. The Balaban J connectivity index is 1.57. The number of nitrogens with one attached hydrogen (secondary N) is 2. The molecule has 0 saturated heterocycles. The molecule has 1 aliphatic carbocycles. The zero-order valence-electron chi connectivity index (χ0n) is 14.3. The highest BCUT2D eigenvalue weighted by atomic mass is 32.1. The van der Waals surface area contributed by atoms with Crippen LogP contribution in [0.2, 0.25) is 0 Å². The Hall–Kier alpha value is -1.95. The molecule has 4 nitrogen and oxygen atoms in total. The van der Waals surface area contributed by atoms with E-state index in [0.29, 0.717) is 6.54 Å². The van der Waals surface area contributed by atoms with Crippen molar-refractivity contribution >= 4 is 17.3 Å². The summed E-state index contributed by atoms with van der Waals surface area (Å²) in [5.74, 6) is 0.598. The SMILES string of the molecule is CN=C(NCc1sc(C)nc1C)NCC1(c2cccc(F)c2)CC1. The third-order valence-electron chi connectivity index (χ3n) is 4.52. The number of hydrogen-bond donors (Lipinski definition) is 2. The molecule has 2 N–H and O–H groups in total. The third kappa shape index (κ3) is 3.75. The second-order valence-corrected chi connectivity index (χ2v) is 7.60. The summed E-state index contributed by atoms with van der Waals surface area (Å²) >= 11 is 1.70. The lowest BCUT2D eigenvalue weighted by molar-refractivity contribution is 0.607. The molecule has 0 aliphatic heterocycles. The maximum Gasteiger partial charge on any atom is 0.191 e. The number of hydrogen-bond acceptors (Lipinski definition) is 3. The van der Waals surface area contributed by atoms with Crippen molar-refractivity contribution in [3.8, 4) is 0 Å². The maximum atomic E-state index is 13.5. The van der Waals surface area contributed by atoms with Crippen molar-refractivity contribution in [2.24, 2.45) is 4.99 Å². The number of guanidine groups is 1. The van der Waals surface area contributed by atoms with Crippen LogP contribution in [-0.2, 0) is 12.0 Å². The highest BCUT2D eigenvalue weighted by Gasteiger charge is 2.44. The van der Waals surface area contributed by atoms with E-state index in [0.717, 1.165) is 41.6 Å². The van der Waals surface area contributed by atoms with E-state index in [9.17, 15) is 4.39 Å². The fourth-order valence-electron chi connectivity index (χ4n) is 2.91. The first-order chi connectivity index (χ1) is 11.5. The summed E-state index contributed by atoms with van der Waals surface area (Å²) in [6.45, 7) is 5.52. The average molecular weight is 346 g/mol. The van der Waals surface area contributed by atoms with Gasteiger partial charge in [-0.15, -0.1) is 11.3 Å². The maximum absolute atomic E-state index is 13.5. The second kappa shape index (κ2) is 6.89. The Morgan fingerprint density at radius 2 is 2.12 bits per heavy atom. The van der Waals surface area contributed by atoms with Crippen LogP contribution in [0.15, 0.2) is 29.3 Å². The second-order valence-electron chi connectivity index (χ2n) is 6.31. The average Bonchev–Trinajstić information content (AvgIpc) is 3.28. The first-order valence-corrected chi connectivity index (χ1v) is 8.97. The fourth-order valence-corrected chi connectivity index (χ4v) is 3.79. The Kier molecular flexibility index (Phi) is 4.85. The highest BCUT2D eigenvalue weighted by Crippen LogP contribution is 2.47. The van der Waals surface area contributed by atoms with Gasteiger partial charge in [-0.25, -0.2) is 9.37 Å². The van der Waals surface area contributed by atoms with Crippen LogP contribution in [0.5, 0.6) is 0 Å². The molecule has 0 atom stereocenters. The van der Waals surface area contributed by atoms with E-state index in [2.05, 4.69) is 20.6 Å². The van der Waals surface area contributed by atoms with Crippen LogP contribution in [0.1, 0.15) is 34.0 Å². The predicted molar refractivity (Wildman–Crippen MR) is 97.1 cm³/mol. The number of thiazole rings is 1. The van der Waals surface area contributed by atoms with E-state index in [4.69, 9.17) is 0 Å². The molecule has 0 amide bonds. The van der Waals surface area contributed by atoms with Crippen LogP contribution in [0.25, 0.3) is 0 Å².